The first kappa shape index (κ1) is 16.0. The molecule has 7 heteroatoms. The van der Waals surface area contributed by atoms with Crippen molar-refractivity contribution in [3.05, 3.63) is 65.4 Å². The van der Waals surface area contributed by atoms with Crippen LogP contribution in [0.1, 0.15) is 5.56 Å². The predicted octanol–water partition coefficient (Wildman–Crippen LogP) is 3.46. The molecule has 2 amide bonds. The quantitative estimate of drug-likeness (QED) is 0.763. The summed E-state index contributed by atoms with van der Waals surface area (Å²) in [5.41, 5.74) is 3.32. The Morgan fingerprint density at radius 1 is 1.25 bits per heavy atom. The summed E-state index contributed by atoms with van der Waals surface area (Å²) in [5.74, 6) is 0. The van der Waals surface area contributed by atoms with Crippen molar-refractivity contribution in [1.82, 2.24) is 20.1 Å². The number of amides is 2. The smallest absolute Gasteiger partial charge is 0.319 e. The zero-order chi connectivity index (χ0) is 16.9. The van der Waals surface area contributed by atoms with Crippen molar-refractivity contribution >= 4 is 23.3 Å². The molecule has 0 aliphatic carbocycles. The van der Waals surface area contributed by atoms with E-state index in [0.29, 0.717) is 17.3 Å². The number of carbonyl (C=O) groups excluding carboxylic acids is 1. The highest BCUT2D eigenvalue weighted by Gasteiger charge is 2.05. The third kappa shape index (κ3) is 3.91. The first-order valence-electron chi connectivity index (χ1n) is 7.35. The van der Waals surface area contributed by atoms with Gasteiger partial charge in [0, 0.05) is 36.7 Å². The molecule has 0 aliphatic rings. The van der Waals surface area contributed by atoms with Crippen LogP contribution in [-0.4, -0.2) is 20.8 Å². The molecule has 3 aromatic rings. The lowest BCUT2D eigenvalue weighted by Gasteiger charge is -2.08. The molecule has 2 heterocycles. The Morgan fingerprint density at radius 3 is 2.79 bits per heavy atom. The molecule has 0 aliphatic heterocycles. The Labute approximate surface area is 144 Å². The van der Waals surface area contributed by atoms with Gasteiger partial charge in [-0.15, -0.1) is 0 Å². The molecule has 2 aromatic heterocycles. The summed E-state index contributed by atoms with van der Waals surface area (Å²) in [6.07, 6.45) is 3.47. The number of anilines is 1. The maximum atomic E-state index is 11.9. The van der Waals surface area contributed by atoms with Crippen molar-refractivity contribution in [3.8, 4) is 11.4 Å². The first-order valence-corrected chi connectivity index (χ1v) is 7.73. The third-order valence-electron chi connectivity index (χ3n) is 3.44. The predicted molar refractivity (Wildman–Crippen MR) is 93.7 cm³/mol. The van der Waals surface area contributed by atoms with Crippen LogP contribution in [0.4, 0.5) is 10.5 Å². The van der Waals surface area contributed by atoms with Crippen LogP contribution >= 0.6 is 11.6 Å². The van der Waals surface area contributed by atoms with E-state index in [-0.39, 0.29) is 6.03 Å². The molecule has 0 saturated carbocycles. The number of aryl methyl sites for hydroxylation is 1. The van der Waals surface area contributed by atoms with Gasteiger partial charge in [-0.2, -0.15) is 5.10 Å². The van der Waals surface area contributed by atoms with Gasteiger partial charge >= 0.3 is 6.03 Å². The van der Waals surface area contributed by atoms with Gasteiger partial charge < -0.3 is 10.6 Å². The summed E-state index contributed by atoms with van der Waals surface area (Å²) in [6, 6.07) is 12.4. The third-order valence-corrected chi connectivity index (χ3v) is 3.68. The molecule has 0 spiro atoms. The average molecular weight is 342 g/mol. The fourth-order valence-electron chi connectivity index (χ4n) is 2.23. The minimum atomic E-state index is -0.298. The minimum Gasteiger partial charge on any atom is -0.334 e. The SMILES string of the molecule is Cn1nccc1-c1ccc(CNC(=O)Nc2cccc(Cl)c2)cn1. The lowest BCUT2D eigenvalue weighted by Crippen LogP contribution is -2.28. The summed E-state index contributed by atoms with van der Waals surface area (Å²) in [4.78, 5) is 16.3. The second-order valence-corrected chi connectivity index (χ2v) is 5.65. The van der Waals surface area contributed by atoms with Crippen LogP contribution in [0.3, 0.4) is 0 Å². The van der Waals surface area contributed by atoms with Crippen LogP contribution in [0.2, 0.25) is 5.02 Å². The van der Waals surface area contributed by atoms with Crippen molar-refractivity contribution in [2.75, 3.05) is 5.32 Å². The maximum absolute atomic E-state index is 11.9. The van der Waals surface area contributed by atoms with Gasteiger partial charge in [0.15, 0.2) is 0 Å². The minimum absolute atomic E-state index is 0.298. The Balaban J connectivity index is 1.57. The molecule has 24 heavy (non-hydrogen) atoms. The van der Waals surface area contributed by atoms with Crippen LogP contribution < -0.4 is 10.6 Å². The number of pyridine rings is 1. The fraction of sp³-hybridized carbons (Fsp3) is 0.118. The van der Waals surface area contributed by atoms with Gasteiger partial charge in [0.25, 0.3) is 0 Å². The lowest BCUT2D eigenvalue weighted by molar-refractivity contribution is 0.251. The Morgan fingerprint density at radius 2 is 2.12 bits per heavy atom. The average Bonchev–Trinajstić information content (AvgIpc) is 2.99. The summed E-state index contributed by atoms with van der Waals surface area (Å²) in [5, 5.41) is 10.2. The fourth-order valence-corrected chi connectivity index (χ4v) is 2.42. The molecule has 6 nitrogen and oxygen atoms in total. The highest BCUT2D eigenvalue weighted by molar-refractivity contribution is 6.30. The normalized spacial score (nSPS) is 10.4. The zero-order valence-electron chi connectivity index (χ0n) is 13.0. The van der Waals surface area contributed by atoms with Crippen LogP contribution in [0.5, 0.6) is 0 Å². The molecule has 122 valence electrons. The summed E-state index contributed by atoms with van der Waals surface area (Å²) >= 11 is 5.88. The zero-order valence-corrected chi connectivity index (χ0v) is 13.8. The molecule has 0 saturated heterocycles. The van der Waals surface area contributed by atoms with Gasteiger partial charge in [-0.3, -0.25) is 9.67 Å². The Hall–Kier alpha value is -2.86. The summed E-state index contributed by atoms with van der Waals surface area (Å²) in [7, 11) is 1.87. The van der Waals surface area contributed by atoms with Gasteiger partial charge in [-0.25, -0.2) is 4.79 Å². The summed E-state index contributed by atoms with van der Waals surface area (Å²) < 4.78 is 1.76. The van der Waals surface area contributed by atoms with Crippen molar-refractivity contribution in [3.63, 3.8) is 0 Å². The van der Waals surface area contributed by atoms with Crippen molar-refractivity contribution in [1.29, 1.82) is 0 Å². The van der Waals surface area contributed by atoms with E-state index in [9.17, 15) is 4.79 Å². The van der Waals surface area contributed by atoms with E-state index in [1.807, 2.05) is 25.2 Å². The molecule has 0 fully saturated rings. The first-order chi connectivity index (χ1) is 11.6. The number of urea groups is 1. The monoisotopic (exact) mass is 341 g/mol. The number of nitrogens with one attached hydrogen (secondary N) is 2. The number of benzene rings is 1. The summed E-state index contributed by atoms with van der Waals surface area (Å²) in [6.45, 7) is 0.380. The number of hydrogen-bond donors (Lipinski definition) is 2. The molecule has 0 bridgehead atoms. The van der Waals surface area contributed by atoms with Gasteiger partial charge in [0.1, 0.15) is 0 Å². The second kappa shape index (κ2) is 7.14. The molecule has 3 rings (SSSR count). The maximum Gasteiger partial charge on any atom is 0.319 e. The largest absolute Gasteiger partial charge is 0.334 e. The molecule has 0 unspecified atom stereocenters. The number of rotatable bonds is 4. The number of aromatic nitrogens is 3. The van der Waals surface area contributed by atoms with Crippen molar-refractivity contribution in [2.24, 2.45) is 7.05 Å². The van der Waals surface area contributed by atoms with Gasteiger partial charge in [-0.05, 0) is 35.9 Å². The number of hydrogen-bond acceptors (Lipinski definition) is 3. The van der Waals surface area contributed by atoms with Gasteiger partial charge in [0.2, 0.25) is 0 Å². The highest BCUT2D eigenvalue weighted by atomic mass is 35.5. The molecule has 2 N–H and O–H groups in total. The van der Waals surface area contributed by atoms with Crippen LogP contribution in [0.15, 0.2) is 54.9 Å². The van der Waals surface area contributed by atoms with E-state index in [2.05, 4.69) is 20.7 Å². The number of halogens is 1. The van der Waals surface area contributed by atoms with E-state index < -0.39 is 0 Å². The Bertz CT molecular complexity index is 844. The van der Waals surface area contributed by atoms with Crippen LogP contribution in [0.25, 0.3) is 11.4 Å². The van der Waals surface area contributed by atoms with Crippen molar-refractivity contribution in [2.45, 2.75) is 6.54 Å². The van der Waals surface area contributed by atoms with Gasteiger partial charge in [-0.1, -0.05) is 23.7 Å². The van der Waals surface area contributed by atoms with E-state index in [0.717, 1.165) is 17.0 Å². The van der Waals surface area contributed by atoms with E-state index in [1.165, 1.54) is 0 Å². The van der Waals surface area contributed by atoms with Gasteiger partial charge in [0.05, 0.1) is 11.4 Å². The molecule has 0 radical (unpaired) electrons. The van der Waals surface area contributed by atoms with E-state index >= 15 is 0 Å². The standard InChI is InChI=1S/C17H16ClN5O/c1-23-16(7-8-21-23)15-6-5-12(10-19-15)11-20-17(24)22-14-4-2-3-13(18)9-14/h2-10H,11H2,1H3,(H2,20,22,24). The molecule has 1 aromatic carbocycles. The second-order valence-electron chi connectivity index (χ2n) is 5.21. The molecule has 0 atom stereocenters. The number of carbonyl (C=O) groups is 1. The van der Waals surface area contributed by atoms with Crippen LogP contribution in [0, 0.1) is 0 Å². The molecular formula is C17H16ClN5O. The highest BCUT2D eigenvalue weighted by Crippen LogP contribution is 2.16. The molecular weight excluding hydrogens is 326 g/mol. The van der Waals surface area contributed by atoms with E-state index in [4.69, 9.17) is 11.6 Å². The van der Waals surface area contributed by atoms with Crippen LogP contribution in [-0.2, 0) is 13.6 Å². The topological polar surface area (TPSA) is 71.8 Å². The van der Waals surface area contributed by atoms with E-state index in [1.54, 1.807) is 41.3 Å². The number of nitrogens with zero attached hydrogens (tertiary/aromatic N) is 3. The lowest BCUT2D eigenvalue weighted by atomic mass is 10.2. The van der Waals surface area contributed by atoms with Crippen molar-refractivity contribution < 1.29 is 4.79 Å². The Kier molecular flexibility index (Phi) is 4.77.